The zero-order valence-electron chi connectivity index (χ0n) is 11.1. The van der Waals surface area contributed by atoms with Crippen molar-refractivity contribution >= 4 is 23.2 Å². The lowest BCUT2D eigenvalue weighted by molar-refractivity contribution is -0.858. The molecule has 0 saturated carbocycles. The molecule has 3 nitrogen and oxygen atoms in total. The van der Waals surface area contributed by atoms with Crippen molar-refractivity contribution in [1.82, 2.24) is 0 Å². The molecule has 1 aromatic rings. The summed E-state index contributed by atoms with van der Waals surface area (Å²) in [5, 5.41) is 1.16. The minimum atomic E-state index is 0.491. The monoisotopic (exact) mass is 292 g/mol. The summed E-state index contributed by atoms with van der Waals surface area (Å²) in [6.45, 7) is 4.69. The number of hydrogen-bond donors (Lipinski definition) is 1. The van der Waals surface area contributed by atoms with Gasteiger partial charge in [-0.3, -0.25) is 0 Å². The van der Waals surface area contributed by atoms with Crippen molar-refractivity contribution in [3.63, 3.8) is 0 Å². The Morgan fingerprint density at radius 2 is 1.83 bits per heavy atom. The second kappa shape index (κ2) is 7.85. The third-order valence-electron chi connectivity index (χ3n) is 2.41. The first kappa shape index (κ1) is 15.6. The van der Waals surface area contributed by atoms with Crippen LogP contribution in [0.25, 0.3) is 0 Å². The van der Waals surface area contributed by atoms with E-state index in [0.717, 1.165) is 18.7 Å². The SMILES string of the molecule is Cc1cc(Cl)cc(Cl)c1OCCOCC[NH+](C)C. The topological polar surface area (TPSA) is 22.9 Å². The van der Waals surface area contributed by atoms with Gasteiger partial charge in [-0.1, -0.05) is 23.2 Å². The van der Waals surface area contributed by atoms with Crippen molar-refractivity contribution in [1.29, 1.82) is 0 Å². The van der Waals surface area contributed by atoms with Gasteiger partial charge in [0.2, 0.25) is 0 Å². The summed E-state index contributed by atoms with van der Waals surface area (Å²) in [5.41, 5.74) is 0.935. The molecule has 0 heterocycles. The Morgan fingerprint density at radius 1 is 1.11 bits per heavy atom. The molecule has 0 radical (unpaired) electrons. The summed E-state index contributed by atoms with van der Waals surface area (Å²) >= 11 is 12.0. The Morgan fingerprint density at radius 3 is 2.44 bits per heavy atom. The highest BCUT2D eigenvalue weighted by Gasteiger charge is 2.07. The summed E-state index contributed by atoms with van der Waals surface area (Å²) in [6.07, 6.45) is 0. The van der Waals surface area contributed by atoms with E-state index in [1.54, 1.807) is 6.07 Å². The number of benzene rings is 1. The van der Waals surface area contributed by atoms with Gasteiger partial charge in [-0.15, -0.1) is 0 Å². The van der Waals surface area contributed by atoms with Gasteiger partial charge in [0, 0.05) is 5.02 Å². The molecule has 102 valence electrons. The van der Waals surface area contributed by atoms with Crippen LogP contribution in [0.15, 0.2) is 12.1 Å². The van der Waals surface area contributed by atoms with Gasteiger partial charge in [0.25, 0.3) is 0 Å². The van der Waals surface area contributed by atoms with Gasteiger partial charge in [-0.2, -0.15) is 0 Å². The Labute approximate surface area is 119 Å². The lowest BCUT2D eigenvalue weighted by atomic mass is 10.2. The van der Waals surface area contributed by atoms with Crippen LogP contribution < -0.4 is 9.64 Å². The van der Waals surface area contributed by atoms with Crippen LogP contribution in [0.3, 0.4) is 0 Å². The van der Waals surface area contributed by atoms with E-state index in [2.05, 4.69) is 14.1 Å². The first-order valence-corrected chi connectivity index (χ1v) is 6.71. The molecule has 18 heavy (non-hydrogen) atoms. The van der Waals surface area contributed by atoms with E-state index in [1.165, 1.54) is 4.90 Å². The zero-order valence-corrected chi connectivity index (χ0v) is 12.6. The lowest BCUT2D eigenvalue weighted by Crippen LogP contribution is -3.06. The highest BCUT2D eigenvalue weighted by atomic mass is 35.5. The summed E-state index contributed by atoms with van der Waals surface area (Å²) in [4.78, 5) is 1.37. The number of quaternary nitrogens is 1. The number of halogens is 2. The van der Waals surface area contributed by atoms with E-state index in [9.17, 15) is 0 Å². The van der Waals surface area contributed by atoms with Crippen molar-refractivity contribution in [2.45, 2.75) is 6.92 Å². The van der Waals surface area contributed by atoms with Crippen LogP contribution in [0.2, 0.25) is 10.0 Å². The number of nitrogens with one attached hydrogen (secondary N) is 1. The molecular formula is C13H20Cl2NO2+. The molecule has 0 aromatic heterocycles. The molecule has 0 spiro atoms. The highest BCUT2D eigenvalue weighted by Crippen LogP contribution is 2.31. The second-order valence-corrected chi connectivity index (χ2v) is 5.30. The molecule has 1 aromatic carbocycles. The predicted octanol–water partition coefficient (Wildman–Crippen LogP) is 1.84. The maximum Gasteiger partial charge on any atom is 0.141 e. The van der Waals surface area contributed by atoms with Crippen LogP contribution in [0.4, 0.5) is 0 Å². The van der Waals surface area contributed by atoms with Gasteiger partial charge >= 0.3 is 0 Å². The van der Waals surface area contributed by atoms with Gasteiger partial charge < -0.3 is 14.4 Å². The number of rotatable bonds is 7. The molecule has 0 unspecified atom stereocenters. The summed E-state index contributed by atoms with van der Waals surface area (Å²) in [5.74, 6) is 0.683. The van der Waals surface area contributed by atoms with Crippen molar-refractivity contribution in [2.24, 2.45) is 0 Å². The van der Waals surface area contributed by atoms with Crippen LogP contribution in [0.1, 0.15) is 5.56 Å². The molecule has 0 atom stereocenters. The van der Waals surface area contributed by atoms with Crippen molar-refractivity contribution in [3.8, 4) is 5.75 Å². The van der Waals surface area contributed by atoms with Gasteiger partial charge in [0.05, 0.1) is 32.3 Å². The van der Waals surface area contributed by atoms with E-state index in [0.29, 0.717) is 29.0 Å². The third kappa shape index (κ3) is 5.44. The smallest absolute Gasteiger partial charge is 0.141 e. The fraction of sp³-hybridized carbons (Fsp3) is 0.538. The number of hydrogen-bond acceptors (Lipinski definition) is 2. The number of aryl methyl sites for hydroxylation is 1. The van der Waals surface area contributed by atoms with E-state index in [4.69, 9.17) is 32.7 Å². The molecule has 5 heteroatoms. The zero-order chi connectivity index (χ0) is 13.5. The average molecular weight is 293 g/mol. The molecule has 0 aliphatic rings. The van der Waals surface area contributed by atoms with Crippen molar-refractivity contribution in [2.75, 3.05) is 40.5 Å². The summed E-state index contributed by atoms with van der Waals surface area (Å²) in [6, 6.07) is 3.51. The number of likely N-dealkylation sites (N-methyl/N-ethyl adjacent to an activating group) is 1. The molecule has 0 bridgehead atoms. The molecule has 0 amide bonds. The quantitative estimate of drug-likeness (QED) is 0.775. The van der Waals surface area contributed by atoms with Crippen LogP contribution >= 0.6 is 23.2 Å². The lowest BCUT2D eigenvalue weighted by Gasteiger charge is -2.12. The molecule has 1 rings (SSSR count). The van der Waals surface area contributed by atoms with E-state index in [1.807, 2.05) is 13.0 Å². The molecule has 0 saturated heterocycles. The van der Waals surface area contributed by atoms with Gasteiger partial charge in [0.15, 0.2) is 0 Å². The first-order valence-electron chi connectivity index (χ1n) is 5.96. The van der Waals surface area contributed by atoms with E-state index < -0.39 is 0 Å². The molecule has 0 aliphatic carbocycles. The van der Waals surface area contributed by atoms with E-state index in [-0.39, 0.29) is 0 Å². The van der Waals surface area contributed by atoms with Crippen LogP contribution in [0.5, 0.6) is 5.75 Å². The number of ether oxygens (including phenoxy) is 2. The highest BCUT2D eigenvalue weighted by molar-refractivity contribution is 6.35. The minimum Gasteiger partial charge on any atom is -0.489 e. The molecule has 1 N–H and O–H groups in total. The van der Waals surface area contributed by atoms with Crippen molar-refractivity contribution < 1.29 is 14.4 Å². The van der Waals surface area contributed by atoms with Gasteiger partial charge in [-0.05, 0) is 24.6 Å². The van der Waals surface area contributed by atoms with E-state index >= 15 is 0 Å². The Balaban J connectivity index is 2.31. The van der Waals surface area contributed by atoms with Crippen LogP contribution in [0, 0.1) is 6.92 Å². The Kier molecular flexibility index (Phi) is 6.79. The predicted molar refractivity (Wildman–Crippen MR) is 75.2 cm³/mol. The first-order chi connectivity index (χ1) is 8.50. The molecular weight excluding hydrogens is 273 g/mol. The normalized spacial score (nSPS) is 11.0. The second-order valence-electron chi connectivity index (χ2n) is 4.45. The van der Waals surface area contributed by atoms with Crippen molar-refractivity contribution in [3.05, 3.63) is 27.7 Å². The fourth-order valence-corrected chi connectivity index (χ4v) is 2.10. The molecule has 0 fully saturated rings. The summed E-state index contributed by atoms with van der Waals surface area (Å²) in [7, 11) is 4.19. The standard InChI is InChI=1S/C13H19Cl2NO2/c1-10-8-11(14)9-12(15)13(10)18-7-6-17-5-4-16(2)3/h8-9H,4-7H2,1-3H3/p+1. The largest absolute Gasteiger partial charge is 0.489 e. The van der Waals surface area contributed by atoms with Crippen LogP contribution in [-0.2, 0) is 4.74 Å². The van der Waals surface area contributed by atoms with Crippen LogP contribution in [-0.4, -0.2) is 40.5 Å². The molecule has 0 aliphatic heterocycles. The van der Waals surface area contributed by atoms with Gasteiger partial charge in [0.1, 0.15) is 18.9 Å². The maximum absolute atomic E-state index is 6.06. The Bertz CT molecular complexity index is 360. The summed E-state index contributed by atoms with van der Waals surface area (Å²) < 4.78 is 11.1. The third-order valence-corrected chi connectivity index (χ3v) is 2.91. The average Bonchev–Trinajstić information content (AvgIpc) is 2.25. The fourth-order valence-electron chi connectivity index (χ4n) is 1.45. The Hall–Kier alpha value is -0.480. The minimum absolute atomic E-state index is 0.491. The maximum atomic E-state index is 6.06. The van der Waals surface area contributed by atoms with Gasteiger partial charge in [-0.25, -0.2) is 0 Å².